The molecule has 0 saturated carbocycles. The van der Waals surface area contributed by atoms with Crippen molar-refractivity contribution in [1.82, 2.24) is 14.1 Å². The predicted molar refractivity (Wildman–Crippen MR) is 105 cm³/mol. The lowest BCUT2D eigenvalue weighted by atomic mass is 10.1. The van der Waals surface area contributed by atoms with Gasteiger partial charge >= 0.3 is 0 Å². The van der Waals surface area contributed by atoms with Crippen molar-refractivity contribution in [3.8, 4) is 5.75 Å². The van der Waals surface area contributed by atoms with E-state index in [1.54, 1.807) is 18.2 Å². The third kappa shape index (κ3) is 4.03. The van der Waals surface area contributed by atoms with Crippen LogP contribution in [0.25, 0.3) is 0 Å². The van der Waals surface area contributed by atoms with Crippen molar-refractivity contribution < 1.29 is 14.3 Å². The second kappa shape index (κ2) is 8.09. The number of nitrogens with zero attached hydrogens (tertiary/aromatic N) is 2. The summed E-state index contributed by atoms with van der Waals surface area (Å²) in [5.74, 6) is 2.15. The molecular weight excluding hydrogens is 366 g/mol. The van der Waals surface area contributed by atoms with E-state index in [9.17, 15) is 9.90 Å². The smallest absolute Gasteiger partial charge is 0.254 e. The highest BCUT2D eigenvalue weighted by Crippen LogP contribution is 2.33. The molecule has 0 aliphatic carbocycles. The number of aromatic nitrogens is 2. The number of para-hydroxylation sites is 1. The molecule has 142 valence electrons. The Kier molecular flexibility index (Phi) is 5.60. The standard InChI is InChI=1S/C18H21N5O3S/c1-4-12(14-9-8-10(2)26-14)20-16-17(23-27-22-16)21-13-7-5-6-11(15(13)24)18(25)19-3/h5-9,12,24H,4H2,1-3H3,(H,19,25)(H,20,22)(H,21,23)/t12-/m1/s1. The zero-order valence-electron chi connectivity index (χ0n) is 15.2. The zero-order chi connectivity index (χ0) is 19.4. The number of furan rings is 1. The number of carbonyl (C=O) groups excluding carboxylic acids is 1. The number of hydrogen-bond acceptors (Lipinski definition) is 8. The number of hydrogen-bond donors (Lipinski definition) is 4. The van der Waals surface area contributed by atoms with E-state index in [0.717, 1.165) is 29.7 Å². The number of phenols is 1. The molecule has 0 aliphatic heterocycles. The van der Waals surface area contributed by atoms with E-state index in [-0.39, 0.29) is 23.3 Å². The van der Waals surface area contributed by atoms with Crippen molar-refractivity contribution in [2.24, 2.45) is 0 Å². The van der Waals surface area contributed by atoms with Crippen LogP contribution >= 0.6 is 11.7 Å². The molecule has 0 radical (unpaired) electrons. The maximum Gasteiger partial charge on any atom is 0.254 e. The van der Waals surface area contributed by atoms with Crippen LogP contribution in [0.1, 0.15) is 41.3 Å². The molecule has 0 fully saturated rings. The highest BCUT2D eigenvalue weighted by atomic mass is 32.1. The fourth-order valence-electron chi connectivity index (χ4n) is 2.64. The summed E-state index contributed by atoms with van der Waals surface area (Å²) in [5, 5.41) is 19.2. The van der Waals surface area contributed by atoms with Crippen LogP contribution in [0.5, 0.6) is 5.75 Å². The summed E-state index contributed by atoms with van der Waals surface area (Å²) < 4.78 is 14.2. The Morgan fingerprint density at radius 2 is 2.04 bits per heavy atom. The molecule has 1 atom stereocenters. The van der Waals surface area contributed by atoms with Gasteiger partial charge in [0.15, 0.2) is 17.4 Å². The molecule has 0 saturated heterocycles. The van der Waals surface area contributed by atoms with Gasteiger partial charge in [-0.15, -0.1) is 0 Å². The molecule has 0 aliphatic rings. The van der Waals surface area contributed by atoms with Gasteiger partial charge in [-0.3, -0.25) is 4.79 Å². The first-order valence-electron chi connectivity index (χ1n) is 8.50. The van der Waals surface area contributed by atoms with Crippen LogP contribution in [0.15, 0.2) is 34.7 Å². The fourth-order valence-corrected chi connectivity index (χ4v) is 3.11. The van der Waals surface area contributed by atoms with Crippen molar-refractivity contribution in [3.05, 3.63) is 47.4 Å². The minimum atomic E-state index is -0.370. The van der Waals surface area contributed by atoms with Crippen molar-refractivity contribution in [2.75, 3.05) is 17.7 Å². The van der Waals surface area contributed by atoms with Crippen molar-refractivity contribution in [1.29, 1.82) is 0 Å². The predicted octanol–water partition coefficient (Wildman–Crippen LogP) is 3.81. The van der Waals surface area contributed by atoms with Gasteiger partial charge in [-0.25, -0.2) is 0 Å². The second-order valence-electron chi connectivity index (χ2n) is 5.92. The summed E-state index contributed by atoms with van der Waals surface area (Å²) in [6.07, 6.45) is 0.793. The average Bonchev–Trinajstić information content (AvgIpc) is 3.29. The Balaban J connectivity index is 1.82. The molecule has 0 bridgehead atoms. The van der Waals surface area contributed by atoms with Gasteiger partial charge in [-0.1, -0.05) is 13.0 Å². The number of nitrogens with one attached hydrogen (secondary N) is 3. The van der Waals surface area contributed by atoms with Crippen LogP contribution in [0.4, 0.5) is 17.3 Å². The van der Waals surface area contributed by atoms with Gasteiger partial charge < -0.3 is 25.5 Å². The molecule has 27 heavy (non-hydrogen) atoms. The van der Waals surface area contributed by atoms with E-state index in [4.69, 9.17) is 4.42 Å². The Labute approximate surface area is 160 Å². The van der Waals surface area contributed by atoms with Gasteiger partial charge in [0, 0.05) is 7.05 Å². The molecule has 1 aromatic carbocycles. The van der Waals surface area contributed by atoms with Crippen LogP contribution in [0, 0.1) is 6.92 Å². The number of rotatable bonds is 7. The highest BCUT2D eigenvalue weighted by molar-refractivity contribution is 6.99. The number of aryl methyl sites for hydroxylation is 1. The molecule has 2 heterocycles. The summed E-state index contributed by atoms with van der Waals surface area (Å²) in [4.78, 5) is 11.9. The molecule has 1 amide bonds. The van der Waals surface area contributed by atoms with Gasteiger partial charge in [0.2, 0.25) is 0 Å². The van der Waals surface area contributed by atoms with Crippen LogP contribution in [-0.4, -0.2) is 26.8 Å². The second-order valence-corrected chi connectivity index (χ2v) is 6.45. The monoisotopic (exact) mass is 387 g/mol. The number of benzene rings is 1. The lowest BCUT2D eigenvalue weighted by Gasteiger charge is -2.16. The maximum absolute atomic E-state index is 11.9. The minimum absolute atomic E-state index is 0.0612. The van der Waals surface area contributed by atoms with E-state index < -0.39 is 0 Å². The van der Waals surface area contributed by atoms with E-state index >= 15 is 0 Å². The topological polar surface area (TPSA) is 112 Å². The quantitative estimate of drug-likeness (QED) is 0.456. The largest absolute Gasteiger partial charge is 0.505 e. The average molecular weight is 387 g/mol. The molecule has 0 spiro atoms. The Morgan fingerprint density at radius 1 is 1.26 bits per heavy atom. The van der Waals surface area contributed by atoms with Gasteiger partial charge in [-0.05, 0) is 37.6 Å². The van der Waals surface area contributed by atoms with Gasteiger partial charge in [0.05, 0.1) is 29.0 Å². The van der Waals surface area contributed by atoms with Gasteiger partial charge in [-0.2, -0.15) is 8.75 Å². The maximum atomic E-state index is 11.9. The first-order valence-corrected chi connectivity index (χ1v) is 9.23. The summed E-state index contributed by atoms with van der Waals surface area (Å²) in [5.41, 5.74) is 0.548. The first-order chi connectivity index (χ1) is 13.0. The molecule has 0 unspecified atom stereocenters. The van der Waals surface area contributed by atoms with Gasteiger partial charge in [0.1, 0.15) is 11.5 Å². The molecule has 4 N–H and O–H groups in total. The van der Waals surface area contributed by atoms with Crippen molar-refractivity contribution in [3.63, 3.8) is 0 Å². The van der Waals surface area contributed by atoms with E-state index in [0.29, 0.717) is 17.3 Å². The number of anilines is 3. The summed E-state index contributed by atoms with van der Waals surface area (Å²) in [6, 6.07) is 8.68. The molecule has 3 aromatic rings. The third-order valence-electron chi connectivity index (χ3n) is 4.07. The molecule has 3 rings (SSSR count). The lowest BCUT2D eigenvalue weighted by molar-refractivity contribution is 0.0960. The molecule has 8 nitrogen and oxygen atoms in total. The first kappa shape index (κ1) is 18.7. The Bertz CT molecular complexity index is 937. The van der Waals surface area contributed by atoms with E-state index in [1.807, 2.05) is 26.0 Å². The third-order valence-corrected chi connectivity index (χ3v) is 4.60. The summed E-state index contributed by atoms with van der Waals surface area (Å²) in [6.45, 7) is 3.94. The number of aromatic hydroxyl groups is 1. The van der Waals surface area contributed by atoms with Crippen LogP contribution in [0.2, 0.25) is 0 Å². The number of amides is 1. The fraction of sp³-hybridized carbons (Fsp3) is 0.278. The number of carbonyl (C=O) groups is 1. The SMILES string of the molecule is CC[C@@H](Nc1nsnc1Nc1cccc(C(=O)NC)c1O)c1ccc(C)o1. The molecular formula is C18H21N5O3S. The van der Waals surface area contributed by atoms with Gasteiger partial charge in [0.25, 0.3) is 5.91 Å². The Hall–Kier alpha value is -3.07. The van der Waals surface area contributed by atoms with E-state index in [1.165, 1.54) is 7.05 Å². The molecule has 9 heteroatoms. The van der Waals surface area contributed by atoms with Crippen LogP contribution in [0.3, 0.4) is 0 Å². The minimum Gasteiger partial charge on any atom is -0.505 e. The zero-order valence-corrected chi connectivity index (χ0v) is 16.1. The normalized spacial score (nSPS) is 11.8. The van der Waals surface area contributed by atoms with Crippen molar-refractivity contribution in [2.45, 2.75) is 26.3 Å². The van der Waals surface area contributed by atoms with Crippen LogP contribution < -0.4 is 16.0 Å². The molecule has 2 aromatic heterocycles. The Morgan fingerprint density at radius 3 is 2.70 bits per heavy atom. The van der Waals surface area contributed by atoms with Crippen molar-refractivity contribution >= 4 is 35.0 Å². The number of phenolic OH excluding ortho intramolecular Hbond substituents is 1. The van der Waals surface area contributed by atoms with E-state index in [2.05, 4.69) is 24.7 Å². The van der Waals surface area contributed by atoms with Crippen LogP contribution in [-0.2, 0) is 0 Å². The highest BCUT2D eigenvalue weighted by Gasteiger charge is 2.19. The lowest BCUT2D eigenvalue weighted by Crippen LogP contribution is -2.18. The summed E-state index contributed by atoms with van der Waals surface area (Å²) >= 11 is 1.04. The summed E-state index contributed by atoms with van der Waals surface area (Å²) in [7, 11) is 1.51.